The van der Waals surface area contributed by atoms with Crippen LogP contribution in [-0.2, 0) is 4.74 Å². The van der Waals surface area contributed by atoms with Gasteiger partial charge in [0.05, 0.1) is 6.61 Å². The second-order valence-electron chi connectivity index (χ2n) is 2.88. The fraction of sp³-hybridized carbons (Fsp3) is 0.500. The molecule has 1 N–H and O–H groups in total. The van der Waals surface area contributed by atoms with Crippen molar-refractivity contribution >= 4 is 17.7 Å². The topological polar surface area (TPSA) is 59.7 Å². The molecule has 15 heavy (non-hydrogen) atoms. The monoisotopic (exact) mass is 230 g/mol. The first kappa shape index (κ1) is 12.1. The summed E-state index contributed by atoms with van der Waals surface area (Å²) in [6.07, 6.45) is 1.01. The van der Waals surface area contributed by atoms with E-state index < -0.39 is 5.97 Å². The highest BCUT2D eigenvalue weighted by Crippen LogP contribution is 2.20. The summed E-state index contributed by atoms with van der Waals surface area (Å²) in [5.74, 6) is -0.289. The molecule has 1 rings (SSSR count). The Bertz CT molecular complexity index is 308. The van der Waals surface area contributed by atoms with Crippen molar-refractivity contribution in [2.45, 2.75) is 18.4 Å². The van der Waals surface area contributed by atoms with E-state index in [1.807, 2.05) is 0 Å². The van der Waals surface area contributed by atoms with Crippen molar-refractivity contribution in [1.29, 1.82) is 0 Å². The number of rotatable bonds is 7. The first-order valence-electron chi connectivity index (χ1n) is 4.77. The molecular formula is C10H14O4S. The molecule has 0 aliphatic carbocycles. The van der Waals surface area contributed by atoms with Crippen LogP contribution in [0.4, 0.5) is 0 Å². The number of thioether (sulfide) groups is 1. The summed E-state index contributed by atoms with van der Waals surface area (Å²) in [7, 11) is 0. The maximum atomic E-state index is 10.5. The first-order chi connectivity index (χ1) is 7.24. The summed E-state index contributed by atoms with van der Waals surface area (Å²) in [5, 5.41) is 9.23. The van der Waals surface area contributed by atoms with Gasteiger partial charge in [0.15, 0.2) is 5.09 Å². The van der Waals surface area contributed by atoms with Gasteiger partial charge in [-0.2, -0.15) is 0 Å². The molecule has 0 aliphatic rings. The fourth-order valence-electron chi connectivity index (χ4n) is 0.960. The lowest BCUT2D eigenvalue weighted by molar-refractivity contribution is 0.0656. The van der Waals surface area contributed by atoms with Crippen molar-refractivity contribution < 1.29 is 19.1 Å². The van der Waals surface area contributed by atoms with Crippen molar-refractivity contribution in [2.24, 2.45) is 0 Å². The average molecular weight is 230 g/mol. The number of aromatic carboxylic acids is 1. The molecule has 0 saturated heterocycles. The maximum Gasteiger partial charge on any atom is 0.371 e. The van der Waals surface area contributed by atoms with E-state index in [0.717, 1.165) is 18.8 Å². The van der Waals surface area contributed by atoms with Gasteiger partial charge in [0.1, 0.15) is 0 Å². The Balaban J connectivity index is 2.23. The minimum Gasteiger partial charge on any atom is -0.475 e. The quantitative estimate of drug-likeness (QED) is 0.576. The summed E-state index contributed by atoms with van der Waals surface area (Å²) < 4.78 is 10.3. The molecule has 0 spiro atoms. The number of ether oxygens (including phenoxy) is 1. The predicted octanol–water partition coefficient (Wildman–Crippen LogP) is 2.50. The lowest BCUT2D eigenvalue weighted by Gasteiger charge is -1.99. The molecule has 0 radical (unpaired) electrons. The Kier molecular flexibility index (Phi) is 5.28. The van der Waals surface area contributed by atoms with Crippen LogP contribution in [0.1, 0.15) is 23.9 Å². The molecule has 0 amide bonds. The van der Waals surface area contributed by atoms with Crippen molar-refractivity contribution in [3.8, 4) is 0 Å². The normalized spacial score (nSPS) is 10.5. The highest BCUT2D eigenvalue weighted by molar-refractivity contribution is 7.99. The van der Waals surface area contributed by atoms with Gasteiger partial charge in [-0.25, -0.2) is 4.79 Å². The number of hydrogen-bond acceptors (Lipinski definition) is 4. The molecule has 1 heterocycles. The second-order valence-corrected chi connectivity index (χ2v) is 3.98. The summed E-state index contributed by atoms with van der Waals surface area (Å²) >= 11 is 1.45. The lowest BCUT2D eigenvalue weighted by atomic mass is 10.5. The van der Waals surface area contributed by atoms with Crippen LogP contribution in [0.2, 0.25) is 0 Å². The Labute approximate surface area is 92.6 Å². The van der Waals surface area contributed by atoms with Crippen LogP contribution in [0, 0.1) is 0 Å². The van der Waals surface area contributed by atoms with Gasteiger partial charge in [0.2, 0.25) is 5.76 Å². The third kappa shape index (κ3) is 4.40. The summed E-state index contributed by atoms with van der Waals surface area (Å²) in [5.41, 5.74) is 0. The van der Waals surface area contributed by atoms with Crippen LogP contribution < -0.4 is 0 Å². The molecule has 0 aliphatic heterocycles. The molecule has 0 bridgehead atoms. The first-order valence-corrected chi connectivity index (χ1v) is 5.76. The molecule has 0 atom stereocenters. The van der Waals surface area contributed by atoms with Crippen LogP contribution in [0.3, 0.4) is 0 Å². The predicted molar refractivity (Wildman–Crippen MR) is 57.5 cm³/mol. The Hall–Kier alpha value is -0.940. The van der Waals surface area contributed by atoms with Crippen LogP contribution in [0.5, 0.6) is 0 Å². The van der Waals surface area contributed by atoms with Gasteiger partial charge in [-0.15, -0.1) is 0 Å². The van der Waals surface area contributed by atoms with E-state index in [9.17, 15) is 4.79 Å². The van der Waals surface area contributed by atoms with Gasteiger partial charge in [-0.05, 0) is 18.6 Å². The van der Waals surface area contributed by atoms with Gasteiger partial charge >= 0.3 is 5.97 Å². The van der Waals surface area contributed by atoms with Crippen LogP contribution in [0.15, 0.2) is 21.6 Å². The molecule has 0 saturated carbocycles. The van der Waals surface area contributed by atoms with Gasteiger partial charge < -0.3 is 14.3 Å². The SMILES string of the molecule is CCCOCCSc1ccc(C(=O)O)o1. The summed E-state index contributed by atoms with van der Waals surface area (Å²) in [6, 6.07) is 3.12. The molecular weight excluding hydrogens is 216 g/mol. The lowest BCUT2D eigenvalue weighted by Crippen LogP contribution is -1.97. The largest absolute Gasteiger partial charge is 0.475 e. The summed E-state index contributed by atoms with van der Waals surface area (Å²) in [4.78, 5) is 10.5. The zero-order valence-corrected chi connectivity index (χ0v) is 9.38. The van der Waals surface area contributed by atoms with E-state index in [0.29, 0.717) is 11.7 Å². The zero-order chi connectivity index (χ0) is 11.1. The molecule has 0 unspecified atom stereocenters. The van der Waals surface area contributed by atoms with Crippen molar-refractivity contribution in [3.05, 3.63) is 17.9 Å². The Morgan fingerprint density at radius 1 is 1.53 bits per heavy atom. The molecule has 0 fully saturated rings. The Morgan fingerprint density at radius 3 is 2.93 bits per heavy atom. The zero-order valence-electron chi connectivity index (χ0n) is 8.56. The van der Waals surface area contributed by atoms with Crippen LogP contribution in [0.25, 0.3) is 0 Å². The van der Waals surface area contributed by atoms with Crippen molar-refractivity contribution in [2.75, 3.05) is 19.0 Å². The molecule has 0 aromatic carbocycles. The maximum absolute atomic E-state index is 10.5. The molecule has 1 aromatic heterocycles. The second kappa shape index (κ2) is 6.53. The highest BCUT2D eigenvalue weighted by Gasteiger charge is 2.08. The number of carbonyl (C=O) groups is 1. The molecule has 1 aromatic rings. The number of carboxylic acid groups (broad SMARTS) is 1. The third-order valence-electron chi connectivity index (χ3n) is 1.61. The van der Waals surface area contributed by atoms with E-state index >= 15 is 0 Å². The minimum atomic E-state index is -1.04. The Morgan fingerprint density at radius 2 is 2.33 bits per heavy atom. The number of carboxylic acids is 1. The van der Waals surface area contributed by atoms with E-state index in [2.05, 4.69) is 6.92 Å². The molecule has 5 heteroatoms. The van der Waals surface area contributed by atoms with E-state index in [1.165, 1.54) is 17.8 Å². The summed E-state index contributed by atoms with van der Waals surface area (Å²) in [6.45, 7) is 3.47. The van der Waals surface area contributed by atoms with Crippen molar-refractivity contribution in [3.63, 3.8) is 0 Å². The van der Waals surface area contributed by atoms with Crippen molar-refractivity contribution in [1.82, 2.24) is 0 Å². The fourth-order valence-corrected chi connectivity index (χ4v) is 1.68. The average Bonchev–Trinajstić information content (AvgIpc) is 2.66. The highest BCUT2D eigenvalue weighted by atomic mass is 32.2. The van der Waals surface area contributed by atoms with E-state index in [4.69, 9.17) is 14.3 Å². The van der Waals surface area contributed by atoms with E-state index in [1.54, 1.807) is 6.07 Å². The number of hydrogen-bond donors (Lipinski definition) is 1. The standard InChI is InChI=1S/C10H14O4S/c1-2-5-13-6-7-15-9-4-3-8(14-9)10(11)12/h3-4H,2,5-7H2,1H3,(H,11,12). The van der Waals surface area contributed by atoms with E-state index in [-0.39, 0.29) is 5.76 Å². The van der Waals surface area contributed by atoms with Gasteiger partial charge in [-0.3, -0.25) is 0 Å². The van der Waals surface area contributed by atoms with Crippen LogP contribution >= 0.6 is 11.8 Å². The van der Waals surface area contributed by atoms with Crippen LogP contribution in [-0.4, -0.2) is 30.0 Å². The minimum absolute atomic E-state index is 0.0213. The van der Waals surface area contributed by atoms with Gasteiger partial charge in [0.25, 0.3) is 0 Å². The van der Waals surface area contributed by atoms with Gasteiger partial charge in [0, 0.05) is 12.4 Å². The molecule has 4 nitrogen and oxygen atoms in total. The van der Waals surface area contributed by atoms with Gasteiger partial charge in [-0.1, -0.05) is 18.7 Å². The third-order valence-corrected chi connectivity index (χ3v) is 2.49. The molecule has 84 valence electrons. The number of furan rings is 1. The smallest absolute Gasteiger partial charge is 0.371 e.